The van der Waals surface area contributed by atoms with Crippen molar-refractivity contribution in [3.05, 3.63) is 65.7 Å². The van der Waals surface area contributed by atoms with Crippen LogP contribution in [0.4, 0.5) is 0 Å². The van der Waals surface area contributed by atoms with E-state index in [1.54, 1.807) is 24.3 Å². The van der Waals surface area contributed by atoms with Crippen molar-refractivity contribution in [3.8, 4) is 0 Å². The predicted molar refractivity (Wildman–Crippen MR) is 107 cm³/mol. The summed E-state index contributed by atoms with van der Waals surface area (Å²) in [6.07, 6.45) is 1.92. The summed E-state index contributed by atoms with van der Waals surface area (Å²) in [5.41, 5.74) is 1.80. The van der Waals surface area contributed by atoms with Crippen molar-refractivity contribution < 1.29 is 17.9 Å². The molecule has 150 valence electrons. The first-order valence-electron chi connectivity index (χ1n) is 9.44. The minimum atomic E-state index is -3.81. The number of rotatable bonds is 8. The standard InChI is InChI=1S/C21H26N2O4S/c1-17-9-11-20(12-10-17)28(25,26)23(15-18-6-3-2-4-7-18)16-21(24)22-14-19-8-5-13-27-19/h2-4,6-7,9-12,19H,5,8,13-16H2,1H3,(H,22,24)/t19-/m0/s1. The predicted octanol–water partition coefficient (Wildman–Crippen LogP) is 2.48. The molecule has 0 aliphatic carbocycles. The molecule has 0 spiro atoms. The summed E-state index contributed by atoms with van der Waals surface area (Å²) in [6.45, 7) is 2.91. The van der Waals surface area contributed by atoms with Crippen LogP contribution in [0.5, 0.6) is 0 Å². The number of hydrogen-bond acceptors (Lipinski definition) is 4. The number of ether oxygens (including phenoxy) is 1. The highest BCUT2D eigenvalue weighted by Gasteiger charge is 2.27. The van der Waals surface area contributed by atoms with Gasteiger partial charge in [0, 0.05) is 19.7 Å². The lowest BCUT2D eigenvalue weighted by atomic mass is 10.2. The zero-order valence-electron chi connectivity index (χ0n) is 16.0. The van der Waals surface area contributed by atoms with Gasteiger partial charge in [0.15, 0.2) is 0 Å². The minimum Gasteiger partial charge on any atom is -0.376 e. The third kappa shape index (κ3) is 5.41. The Morgan fingerprint density at radius 3 is 2.50 bits per heavy atom. The Morgan fingerprint density at radius 2 is 1.86 bits per heavy atom. The summed E-state index contributed by atoms with van der Waals surface area (Å²) in [7, 11) is -3.81. The van der Waals surface area contributed by atoms with Gasteiger partial charge in [-0.15, -0.1) is 0 Å². The number of amides is 1. The second-order valence-electron chi connectivity index (χ2n) is 7.01. The SMILES string of the molecule is Cc1ccc(S(=O)(=O)N(CC(=O)NC[C@@H]2CCCO2)Cc2ccccc2)cc1. The Kier molecular flexibility index (Phi) is 6.83. The van der Waals surface area contributed by atoms with Crippen LogP contribution in [0, 0.1) is 6.92 Å². The van der Waals surface area contributed by atoms with E-state index in [0.29, 0.717) is 13.2 Å². The molecule has 0 saturated carbocycles. The van der Waals surface area contributed by atoms with Gasteiger partial charge in [0.2, 0.25) is 15.9 Å². The molecule has 28 heavy (non-hydrogen) atoms. The molecule has 1 amide bonds. The highest BCUT2D eigenvalue weighted by atomic mass is 32.2. The molecule has 2 aromatic rings. The topological polar surface area (TPSA) is 75.7 Å². The molecular formula is C21H26N2O4S. The van der Waals surface area contributed by atoms with Crippen molar-refractivity contribution in [2.24, 2.45) is 0 Å². The van der Waals surface area contributed by atoms with Crippen LogP contribution in [0.1, 0.15) is 24.0 Å². The molecule has 1 fully saturated rings. The van der Waals surface area contributed by atoms with E-state index in [1.807, 2.05) is 37.3 Å². The number of aryl methyl sites for hydroxylation is 1. The van der Waals surface area contributed by atoms with Crippen LogP contribution >= 0.6 is 0 Å². The number of nitrogens with one attached hydrogen (secondary N) is 1. The molecule has 0 aromatic heterocycles. The average Bonchev–Trinajstić information content (AvgIpc) is 3.21. The molecule has 0 radical (unpaired) electrons. The minimum absolute atomic E-state index is 0.0141. The van der Waals surface area contributed by atoms with Gasteiger partial charge in [-0.1, -0.05) is 48.0 Å². The van der Waals surface area contributed by atoms with Crippen LogP contribution in [0.3, 0.4) is 0 Å². The molecule has 1 atom stereocenters. The summed E-state index contributed by atoms with van der Waals surface area (Å²) < 4.78 is 33.1. The van der Waals surface area contributed by atoms with Crippen molar-refractivity contribution in [2.75, 3.05) is 19.7 Å². The van der Waals surface area contributed by atoms with Crippen LogP contribution in [0.15, 0.2) is 59.5 Å². The third-order valence-corrected chi connectivity index (χ3v) is 6.54. The summed E-state index contributed by atoms with van der Waals surface area (Å²) in [5.74, 6) is -0.331. The van der Waals surface area contributed by atoms with Crippen LogP contribution in [-0.4, -0.2) is 44.4 Å². The lowest BCUT2D eigenvalue weighted by Gasteiger charge is -2.22. The summed E-state index contributed by atoms with van der Waals surface area (Å²) in [6, 6.07) is 15.9. The zero-order valence-corrected chi connectivity index (χ0v) is 16.8. The van der Waals surface area contributed by atoms with E-state index in [-0.39, 0.29) is 30.0 Å². The van der Waals surface area contributed by atoms with Gasteiger partial charge in [-0.25, -0.2) is 8.42 Å². The van der Waals surface area contributed by atoms with Gasteiger partial charge in [0.1, 0.15) is 0 Å². The van der Waals surface area contributed by atoms with E-state index < -0.39 is 10.0 Å². The molecule has 6 nitrogen and oxygen atoms in total. The van der Waals surface area contributed by atoms with Gasteiger partial charge in [0.25, 0.3) is 0 Å². The first-order valence-corrected chi connectivity index (χ1v) is 10.9. The number of carbonyl (C=O) groups excluding carboxylic acids is 1. The number of hydrogen-bond donors (Lipinski definition) is 1. The van der Waals surface area contributed by atoms with Gasteiger partial charge in [0.05, 0.1) is 17.5 Å². The van der Waals surface area contributed by atoms with Crippen molar-refractivity contribution in [1.82, 2.24) is 9.62 Å². The van der Waals surface area contributed by atoms with Gasteiger partial charge in [-0.3, -0.25) is 4.79 Å². The fraction of sp³-hybridized carbons (Fsp3) is 0.381. The maximum Gasteiger partial charge on any atom is 0.243 e. The van der Waals surface area contributed by atoms with E-state index in [1.165, 1.54) is 4.31 Å². The van der Waals surface area contributed by atoms with Crippen molar-refractivity contribution >= 4 is 15.9 Å². The lowest BCUT2D eigenvalue weighted by Crippen LogP contribution is -2.42. The summed E-state index contributed by atoms with van der Waals surface area (Å²) in [4.78, 5) is 12.6. The van der Waals surface area contributed by atoms with Crippen molar-refractivity contribution in [1.29, 1.82) is 0 Å². The molecule has 0 unspecified atom stereocenters. The van der Waals surface area contributed by atoms with Gasteiger partial charge < -0.3 is 10.1 Å². The van der Waals surface area contributed by atoms with Crippen LogP contribution in [0.25, 0.3) is 0 Å². The molecule has 2 aromatic carbocycles. The second-order valence-corrected chi connectivity index (χ2v) is 8.95. The first kappa shape index (κ1) is 20.5. The molecule has 1 aliphatic heterocycles. The Balaban J connectivity index is 1.75. The molecule has 3 rings (SSSR count). The van der Waals surface area contributed by atoms with Crippen LogP contribution in [0.2, 0.25) is 0 Å². The Labute approximate surface area is 166 Å². The number of sulfonamides is 1. The quantitative estimate of drug-likeness (QED) is 0.736. The molecule has 1 heterocycles. The fourth-order valence-corrected chi connectivity index (χ4v) is 4.51. The van der Waals surface area contributed by atoms with Crippen LogP contribution < -0.4 is 5.32 Å². The summed E-state index contributed by atoms with van der Waals surface area (Å²) in [5, 5.41) is 2.80. The maximum absolute atomic E-state index is 13.2. The Hall–Kier alpha value is -2.22. The van der Waals surface area contributed by atoms with E-state index in [4.69, 9.17) is 4.74 Å². The van der Waals surface area contributed by atoms with Gasteiger partial charge in [-0.05, 0) is 37.5 Å². The molecule has 1 aliphatic rings. The number of nitrogens with zero attached hydrogens (tertiary/aromatic N) is 1. The highest BCUT2D eigenvalue weighted by molar-refractivity contribution is 7.89. The third-order valence-electron chi connectivity index (χ3n) is 4.73. The zero-order chi connectivity index (χ0) is 20.0. The van der Waals surface area contributed by atoms with Crippen molar-refractivity contribution in [2.45, 2.75) is 37.3 Å². The normalized spacial score (nSPS) is 17.0. The van der Waals surface area contributed by atoms with Gasteiger partial charge >= 0.3 is 0 Å². The Morgan fingerprint density at radius 1 is 1.14 bits per heavy atom. The Bertz CT molecular complexity index is 876. The van der Waals surface area contributed by atoms with Crippen molar-refractivity contribution in [3.63, 3.8) is 0 Å². The van der Waals surface area contributed by atoms with E-state index in [0.717, 1.165) is 24.0 Å². The van der Waals surface area contributed by atoms with Crippen LogP contribution in [-0.2, 0) is 26.1 Å². The summed E-state index contributed by atoms with van der Waals surface area (Å²) >= 11 is 0. The first-order chi connectivity index (χ1) is 13.4. The average molecular weight is 403 g/mol. The molecule has 0 bridgehead atoms. The second kappa shape index (κ2) is 9.32. The fourth-order valence-electron chi connectivity index (χ4n) is 3.12. The molecule has 1 N–H and O–H groups in total. The number of benzene rings is 2. The lowest BCUT2D eigenvalue weighted by molar-refractivity contribution is -0.121. The smallest absolute Gasteiger partial charge is 0.243 e. The molecule has 7 heteroatoms. The maximum atomic E-state index is 13.2. The van der Waals surface area contributed by atoms with E-state index >= 15 is 0 Å². The van der Waals surface area contributed by atoms with E-state index in [9.17, 15) is 13.2 Å². The number of carbonyl (C=O) groups is 1. The largest absolute Gasteiger partial charge is 0.376 e. The van der Waals surface area contributed by atoms with E-state index in [2.05, 4.69) is 5.32 Å². The van der Waals surface area contributed by atoms with Gasteiger partial charge in [-0.2, -0.15) is 4.31 Å². The molecule has 1 saturated heterocycles. The molecular weight excluding hydrogens is 376 g/mol. The monoisotopic (exact) mass is 402 g/mol. The highest BCUT2D eigenvalue weighted by Crippen LogP contribution is 2.19.